The molecule has 0 saturated carbocycles. The zero-order chi connectivity index (χ0) is 30.8. The number of rotatable bonds is 5. The number of aryl methyl sites for hydroxylation is 3. The summed E-state index contributed by atoms with van der Waals surface area (Å²) in [4.78, 5) is 4.29. The van der Waals surface area contributed by atoms with E-state index in [4.69, 9.17) is 8.83 Å². The molecule has 8 aromatic rings. The topological polar surface area (TPSA) is 32.8 Å². The lowest BCUT2D eigenvalue weighted by atomic mass is 10.1. The summed E-state index contributed by atoms with van der Waals surface area (Å²) in [5.41, 5.74) is 11.9. The van der Waals surface area contributed by atoms with Crippen LogP contribution in [0.2, 0.25) is 0 Å². The summed E-state index contributed by atoms with van der Waals surface area (Å²) in [6, 6.07) is 38.4. The Morgan fingerprint density at radius 1 is 0.467 bits per heavy atom. The Bertz CT molecular complexity index is 2400. The van der Waals surface area contributed by atoms with Gasteiger partial charge < -0.3 is 18.6 Å². The Morgan fingerprint density at radius 3 is 1.49 bits per heavy atom. The smallest absolute Gasteiger partial charge is 0.137 e. The first-order valence-corrected chi connectivity index (χ1v) is 15.1. The molecule has 0 N–H and O–H groups in total. The molecule has 0 spiro atoms. The maximum Gasteiger partial charge on any atom is 0.137 e. The SMILES string of the molecule is Cc1ccc(N(c2ccc3c(c2)oc2cc(C)ccc23)c2ccc3c(c2)oc2cc(N(C)c4ccc(F)cc4)ccc23)c(C)c1. The average Bonchev–Trinajstić information content (AvgIpc) is 3.58. The van der Waals surface area contributed by atoms with Crippen LogP contribution in [-0.4, -0.2) is 7.05 Å². The molecule has 0 unspecified atom stereocenters. The van der Waals surface area contributed by atoms with Crippen LogP contribution in [0.3, 0.4) is 0 Å². The molecular formula is C40H31FN2O2. The van der Waals surface area contributed by atoms with Gasteiger partial charge in [-0.1, -0.05) is 29.8 Å². The highest BCUT2D eigenvalue weighted by atomic mass is 19.1. The van der Waals surface area contributed by atoms with Gasteiger partial charge in [0.25, 0.3) is 0 Å². The predicted octanol–water partition coefficient (Wildman–Crippen LogP) is 11.8. The van der Waals surface area contributed by atoms with Crippen molar-refractivity contribution < 1.29 is 13.2 Å². The number of hydrogen-bond donors (Lipinski definition) is 0. The van der Waals surface area contributed by atoms with Crippen LogP contribution in [0, 0.1) is 26.6 Å². The zero-order valence-electron chi connectivity index (χ0n) is 25.6. The number of benzene rings is 6. The Hall–Kier alpha value is -5.55. The molecule has 0 atom stereocenters. The van der Waals surface area contributed by atoms with E-state index in [-0.39, 0.29) is 5.82 Å². The monoisotopic (exact) mass is 590 g/mol. The van der Waals surface area contributed by atoms with E-state index in [9.17, 15) is 4.39 Å². The van der Waals surface area contributed by atoms with E-state index in [0.29, 0.717) is 0 Å². The summed E-state index contributed by atoms with van der Waals surface area (Å²) in [5.74, 6) is -0.252. The highest BCUT2D eigenvalue weighted by Gasteiger charge is 2.19. The van der Waals surface area contributed by atoms with Gasteiger partial charge >= 0.3 is 0 Å². The molecule has 2 heterocycles. The number of fused-ring (bicyclic) bond motifs is 6. The Balaban J connectivity index is 1.26. The van der Waals surface area contributed by atoms with E-state index in [1.54, 1.807) is 12.1 Å². The first-order chi connectivity index (χ1) is 21.8. The predicted molar refractivity (Wildman–Crippen MR) is 184 cm³/mol. The molecule has 8 rings (SSSR count). The largest absolute Gasteiger partial charge is 0.456 e. The minimum absolute atomic E-state index is 0.252. The summed E-state index contributed by atoms with van der Waals surface area (Å²) < 4.78 is 26.4. The van der Waals surface area contributed by atoms with E-state index in [0.717, 1.165) is 72.3 Å². The number of anilines is 5. The lowest BCUT2D eigenvalue weighted by Crippen LogP contribution is -2.11. The molecule has 0 aliphatic carbocycles. The second-order valence-corrected chi connectivity index (χ2v) is 11.9. The Morgan fingerprint density at radius 2 is 0.911 bits per heavy atom. The molecule has 0 saturated heterocycles. The van der Waals surface area contributed by atoms with Crippen molar-refractivity contribution in [2.24, 2.45) is 0 Å². The fourth-order valence-electron chi connectivity index (χ4n) is 6.41. The first kappa shape index (κ1) is 27.0. The van der Waals surface area contributed by atoms with Gasteiger partial charge in [-0.3, -0.25) is 0 Å². The number of nitrogens with zero attached hydrogens (tertiary/aromatic N) is 2. The summed E-state index contributed by atoms with van der Waals surface area (Å²) >= 11 is 0. The summed E-state index contributed by atoms with van der Waals surface area (Å²) in [5, 5.41) is 4.31. The molecule has 0 amide bonds. The molecule has 0 radical (unpaired) electrons. The van der Waals surface area contributed by atoms with E-state index in [1.165, 1.54) is 28.8 Å². The van der Waals surface area contributed by atoms with Gasteiger partial charge in [-0.05, 0) is 105 Å². The fourth-order valence-corrected chi connectivity index (χ4v) is 6.41. The van der Waals surface area contributed by atoms with Gasteiger partial charge in [-0.15, -0.1) is 0 Å². The van der Waals surface area contributed by atoms with Crippen LogP contribution < -0.4 is 9.80 Å². The van der Waals surface area contributed by atoms with E-state index in [1.807, 2.05) is 18.0 Å². The van der Waals surface area contributed by atoms with Crippen molar-refractivity contribution in [3.05, 3.63) is 138 Å². The van der Waals surface area contributed by atoms with Crippen molar-refractivity contribution in [1.82, 2.24) is 0 Å². The van der Waals surface area contributed by atoms with Crippen LogP contribution in [0.1, 0.15) is 16.7 Å². The molecule has 6 aromatic carbocycles. The fraction of sp³-hybridized carbons (Fsp3) is 0.100. The van der Waals surface area contributed by atoms with Crippen molar-refractivity contribution in [3.8, 4) is 0 Å². The van der Waals surface area contributed by atoms with Crippen molar-refractivity contribution in [2.45, 2.75) is 20.8 Å². The van der Waals surface area contributed by atoms with E-state index < -0.39 is 0 Å². The molecule has 0 aliphatic rings. The van der Waals surface area contributed by atoms with Crippen LogP contribution in [-0.2, 0) is 0 Å². The van der Waals surface area contributed by atoms with Crippen LogP contribution in [0.15, 0.2) is 124 Å². The molecule has 45 heavy (non-hydrogen) atoms. The molecule has 0 aliphatic heterocycles. The first-order valence-electron chi connectivity index (χ1n) is 15.1. The standard InChI is InChI=1S/C40H31FN2O2/c1-24-6-18-36(26(3)19-24)43(30-12-16-34-32-14-5-25(2)20-37(32)44-39(34)22-30)31-13-17-35-33-15-11-29(21-38(33)45-40(35)23-31)42(4)28-9-7-27(41)8-10-28/h5-23H,1-4H3. The Kier molecular flexibility index (Phi) is 6.17. The van der Waals surface area contributed by atoms with Gasteiger partial charge in [-0.2, -0.15) is 0 Å². The number of hydrogen-bond acceptors (Lipinski definition) is 4. The quantitative estimate of drug-likeness (QED) is 0.200. The molecule has 5 heteroatoms. The third-order valence-corrected chi connectivity index (χ3v) is 8.76. The van der Waals surface area contributed by atoms with Gasteiger partial charge in [0.2, 0.25) is 0 Å². The summed E-state index contributed by atoms with van der Waals surface area (Å²) in [6.07, 6.45) is 0. The van der Waals surface area contributed by atoms with E-state index >= 15 is 0 Å². The lowest BCUT2D eigenvalue weighted by Gasteiger charge is -2.27. The second kappa shape index (κ2) is 10.3. The zero-order valence-corrected chi connectivity index (χ0v) is 25.6. The third kappa shape index (κ3) is 4.59. The minimum Gasteiger partial charge on any atom is -0.456 e. The van der Waals surface area contributed by atoms with Gasteiger partial charge in [0.1, 0.15) is 28.1 Å². The van der Waals surface area contributed by atoms with Crippen molar-refractivity contribution in [3.63, 3.8) is 0 Å². The molecule has 0 bridgehead atoms. The van der Waals surface area contributed by atoms with Crippen molar-refractivity contribution in [2.75, 3.05) is 16.8 Å². The molecule has 2 aromatic heterocycles. The molecule has 0 fully saturated rings. The molecule has 4 nitrogen and oxygen atoms in total. The molecule has 220 valence electrons. The van der Waals surface area contributed by atoms with Crippen LogP contribution in [0.4, 0.5) is 32.8 Å². The summed E-state index contributed by atoms with van der Waals surface area (Å²) in [6.45, 7) is 6.35. The van der Waals surface area contributed by atoms with Gasteiger partial charge in [-0.25, -0.2) is 4.39 Å². The van der Waals surface area contributed by atoms with Crippen molar-refractivity contribution in [1.29, 1.82) is 0 Å². The highest BCUT2D eigenvalue weighted by molar-refractivity contribution is 6.08. The van der Waals surface area contributed by atoms with Gasteiger partial charge in [0.05, 0.1) is 0 Å². The van der Waals surface area contributed by atoms with Crippen molar-refractivity contribution >= 4 is 72.3 Å². The van der Waals surface area contributed by atoms with Crippen LogP contribution in [0.5, 0.6) is 0 Å². The van der Waals surface area contributed by atoms with Gasteiger partial charge in [0, 0.05) is 75.2 Å². The maximum absolute atomic E-state index is 13.5. The number of furan rings is 2. The Labute approximate surface area is 260 Å². The third-order valence-electron chi connectivity index (χ3n) is 8.76. The van der Waals surface area contributed by atoms with Gasteiger partial charge in [0.15, 0.2) is 0 Å². The van der Waals surface area contributed by atoms with Crippen LogP contribution in [0.25, 0.3) is 43.9 Å². The second-order valence-electron chi connectivity index (χ2n) is 11.9. The lowest BCUT2D eigenvalue weighted by molar-refractivity contribution is 0.628. The highest BCUT2D eigenvalue weighted by Crippen LogP contribution is 2.42. The maximum atomic E-state index is 13.5. The number of halogens is 1. The molecular weight excluding hydrogens is 559 g/mol. The normalized spacial score (nSPS) is 11.7. The van der Waals surface area contributed by atoms with Crippen LogP contribution >= 0.6 is 0 Å². The minimum atomic E-state index is -0.252. The van der Waals surface area contributed by atoms with E-state index in [2.05, 4.69) is 111 Å². The summed E-state index contributed by atoms with van der Waals surface area (Å²) in [7, 11) is 1.97. The average molecular weight is 591 g/mol.